The number of amides is 3. The van der Waals surface area contributed by atoms with E-state index in [9.17, 15) is 14.0 Å². The Kier molecular flexibility index (Phi) is 5.28. The molecule has 1 saturated heterocycles. The first kappa shape index (κ1) is 17.0. The van der Waals surface area contributed by atoms with Crippen LogP contribution in [0.4, 0.5) is 9.18 Å². The van der Waals surface area contributed by atoms with Crippen LogP contribution < -0.4 is 16.0 Å². The standard InChI is InChI=1S/C19H20FN3O2/c20-15-9-4-8-14(12-15)17(13-6-2-1-3-7-13)23-19(25)22-16-10-5-11-21-18(16)24/h1-4,6-9,12,16-17H,5,10-11H2,(H,21,24)(H2,22,23,25)/t16-,17-/m0/s1. The zero-order valence-corrected chi connectivity index (χ0v) is 13.7. The van der Waals surface area contributed by atoms with E-state index >= 15 is 0 Å². The van der Waals surface area contributed by atoms with E-state index in [-0.39, 0.29) is 11.7 Å². The first-order valence-electron chi connectivity index (χ1n) is 8.28. The molecule has 2 aromatic carbocycles. The fourth-order valence-corrected chi connectivity index (χ4v) is 2.93. The number of nitrogens with one attached hydrogen (secondary N) is 3. The molecule has 0 bridgehead atoms. The summed E-state index contributed by atoms with van der Waals surface area (Å²) in [6, 6.07) is 13.9. The first-order valence-corrected chi connectivity index (χ1v) is 8.28. The lowest BCUT2D eigenvalue weighted by molar-refractivity contribution is -0.124. The van der Waals surface area contributed by atoms with Crippen molar-refractivity contribution in [2.24, 2.45) is 0 Å². The number of hydrogen-bond acceptors (Lipinski definition) is 2. The summed E-state index contributed by atoms with van der Waals surface area (Å²) >= 11 is 0. The molecule has 1 fully saturated rings. The highest BCUT2D eigenvalue weighted by Gasteiger charge is 2.25. The van der Waals surface area contributed by atoms with Crippen LogP contribution in [0.15, 0.2) is 54.6 Å². The third-order valence-electron chi connectivity index (χ3n) is 4.18. The molecule has 3 N–H and O–H groups in total. The van der Waals surface area contributed by atoms with Crippen LogP contribution in [-0.4, -0.2) is 24.5 Å². The molecule has 1 aliphatic rings. The van der Waals surface area contributed by atoms with Crippen LogP contribution in [-0.2, 0) is 4.79 Å². The van der Waals surface area contributed by atoms with Gasteiger partial charge in [-0.1, -0.05) is 42.5 Å². The summed E-state index contributed by atoms with van der Waals surface area (Å²) in [5.41, 5.74) is 1.46. The Hall–Kier alpha value is -2.89. The van der Waals surface area contributed by atoms with Crippen LogP contribution in [0.3, 0.4) is 0 Å². The van der Waals surface area contributed by atoms with E-state index in [4.69, 9.17) is 0 Å². The van der Waals surface area contributed by atoms with Crippen molar-refractivity contribution in [2.45, 2.75) is 24.9 Å². The average molecular weight is 341 g/mol. The van der Waals surface area contributed by atoms with Gasteiger partial charge >= 0.3 is 6.03 Å². The topological polar surface area (TPSA) is 70.2 Å². The fraction of sp³-hybridized carbons (Fsp3) is 0.263. The predicted octanol–water partition coefficient (Wildman–Crippen LogP) is 2.49. The van der Waals surface area contributed by atoms with Crippen molar-refractivity contribution in [3.05, 3.63) is 71.5 Å². The molecule has 1 heterocycles. The van der Waals surface area contributed by atoms with Gasteiger partial charge in [0.2, 0.25) is 5.91 Å². The summed E-state index contributed by atoms with van der Waals surface area (Å²) < 4.78 is 13.6. The Bertz CT molecular complexity index is 751. The van der Waals surface area contributed by atoms with Gasteiger partial charge in [-0.25, -0.2) is 9.18 Å². The van der Waals surface area contributed by atoms with Crippen LogP contribution in [0.25, 0.3) is 0 Å². The minimum atomic E-state index is -0.544. The molecule has 6 heteroatoms. The van der Waals surface area contributed by atoms with Gasteiger partial charge in [-0.2, -0.15) is 0 Å². The van der Waals surface area contributed by atoms with Crippen molar-refractivity contribution < 1.29 is 14.0 Å². The molecule has 0 aliphatic carbocycles. The minimum Gasteiger partial charge on any atom is -0.354 e. The molecule has 0 aromatic heterocycles. The molecule has 2 aromatic rings. The van der Waals surface area contributed by atoms with Crippen LogP contribution >= 0.6 is 0 Å². The summed E-state index contributed by atoms with van der Waals surface area (Å²) in [6.45, 7) is 0.633. The van der Waals surface area contributed by atoms with Gasteiger partial charge in [-0.05, 0) is 36.1 Å². The van der Waals surface area contributed by atoms with E-state index in [0.29, 0.717) is 18.5 Å². The van der Waals surface area contributed by atoms with Crippen molar-refractivity contribution in [1.29, 1.82) is 0 Å². The van der Waals surface area contributed by atoms with E-state index < -0.39 is 18.1 Å². The van der Waals surface area contributed by atoms with Crippen molar-refractivity contribution in [3.8, 4) is 0 Å². The summed E-state index contributed by atoms with van der Waals surface area (Å²) in [6.07, 6.45) is 1.43. The number of benzene rings is 2. The highest BCUT2D eigenvalue weighted by atomic mass is 19.1. The molecule has 5 nitrogen and oxygen atoms in total. The Labute approximate surface area is 145 Å². The van der Waals surface area contributed by atoms with Gasteiger partial charge in [0.25, 0.3) is 0 Å². The number of rotatable bonds is 4. The molecule has 2 atom stereocenters. The molecule has 130 valence electrons. The number of carbonyl (C=O) groups excluding carboxylic acids is 2. The van der Waals surface area contributed by atoms with E-state index in [1.165, 1.54) is 12.1 Å². The van der Waals surface area contributed by atoms with Crippen LogP contribution in [0, 0.1) is 5.82 Å². The molecular formula is C19H20FN3O2. The zero-order valence-electron chi connectivity index (χ0n) is 13.7. The van der Waals surface area contributed by atoms with Gasteiger partial charge in [0.05, 0.1) is 6.04 Å². The van der Waals surface area contributed by atoms with Crippen LogP contribution in [0.5, 0.6) is 0 Å². The fourth-order valence-electron chi connectivity index (χ4n) is 2.93. The van der Waals surface area contributed by atoms with E-state index in [1.54, 1.807) is 12.1 Å². The molecule has 0 radical (unpaired) electrons. The van der Waals surface area contributed by atoms with Gasteiger partial charge in [-0.15, -0.1) is 0 Å². The zero-order chi connectivity index (χ0) is 17.6. The summed E-state index contributed by atoms with van der Waals surface area (Å²) in [7, 11) is 0. The van der Waals surface area contributed by atoms with E-state index in [2.05, 4.69) is 16.0 Å². The Balaban J connectivity index is 1.78. The maximum absolute atomic E-state index is 13.6. The first-order chi connectivity index (χ1) is 12.1. The summed E-state index contributed by atoms with van der Waals surface area (Å²) in [5.74, 6) is -0.546. The van der Waals surface area contributed by atoms with E-state index in [0.717, 1.165) is 12.0 Å². The summed E-state index contributed by atoms with van der Waals surface area (Å²) in [5, 5.41) is 8.28. The molecule has 25 heavy (non-hydrogen) atoms. The number of halogens is 1. The molecule has 0 saturated carbocycles. The maximum Gasteiger partial charge on any atom is 0.316 e. The maximum atomic E-state index is 13.6. The second-order valence-corrected chi connectivity index (χ2v) is 6.00. The second-order valence-electron chi connectivity index (χ2n) is 6.00. The van der Waals surface area contributed by atoms with E-state index in [1.807, 2.05) is 30.3 Å². The van der Waals surface area contributed by atoms with Gasteiger partial charge < -0.3 is 16.0 Å². The number of piperidine rings is 1. The SMILES string of the molecule is O=C(N[C@@H](c1ccccc1)c1cccc(F)c1)N[C@H]1CCCNC1=O. The third kappa shape index (κ3) is 4.35. The lowest BCUT2D eigenvalue weighted by atomic mass is 9.98. The van der Waals surface area contributed by atoms with Crippen LogP contribution in [0.2, 0.25) is 0 Å². The van der Waals surface area contributed by atoms with Crippen molar-refractivity contribution in [1.82, 2.24) is 16.0 Å². The van der Waals surface area contributed by atoms with Gasteiger partial charge in [0.15, 0.2) is 0 Å². The quantitative estimate of drug-likeness (QED) is 0.800. The largest absolute Gasteiger partial charge is 0.354 e. The Morgan fingerprint density at radius 2 is 1.88 bits per heavy atom. The summed E-state index contributed by atoms with van der Waals surface area (Å²) in [4.78, 5) is 24.2. The smallest absolute Gasteiger partial charge is 0.316 e. The monoisotopic (exact) mass is 341 g/mol. The van der Waals surface area contributed by atoms with Gasteiger partial charge in [0.1, 0.15) is 11.9 Å². The van der Waals surface area contributed by atoms with Crippen molar-refractivity contribution in [3.63, 3.8) is 0 Å². The number of carbonyl (C=O) groups is 2. The lowest BCUT2D eigenvalue weighted by Crippen LogP contribution is -2.53. The molecule has 0 spiro atoms. The highest BCUT2D eigenvalue weighted by molar-refractivity contribution is 5.87. The Morgan fingerprint density at radius 1 is 1.12 bits per heavy atom. The van der Waals surface area contributed by atoms with Crippen molar-refractivity contribution in [2.75, 3.05) is 6.54 Å². The predicted molar refractivity (Wildman–Crippen MR) is 92.4 cm³/mol. The third-order valence-corrected chi connectivity index (χ3v) is 4.18. The Morgan fingerprint density at radius 3 is 2.60 bits per heavy atom. The average Bonchev–Trinajstić information content (AvgIpc) is 2.62. The van der Waals surface area contributed by atoms with Gasteiger partial charge in [0, 0.05) is 6.54 Å². The lowest BCUT2D eigenvalue weighted by Gasteiger charge is -2.25. The second kappa shape index (κ2) is 7.79. The molecule has 1 aliphatic heterocycles. The normalized spacial score (nSPS) is 18.1. The van der Waals surface area contributed by atoms with Gasteiger partial charge in [-0.3, -0.25) is 4.79 Å². The molecule has 3 amide bonds. The number of urea groups is 1. The molecule has 3 rings (SSSR count). The van der Waals surface area contributed by atoms with Crippen LogP contribution in [0.1, 0.15) is 30.0 Å². The number of hydrogen-bond donors (Lipinski definition) is 3. The molecule has 0 unspecified atom stereocenters. The minimum absolute atomic E-state index is 0.177. The van der Waals surface area contributed by atoms with Crippen molar-refractivity contribution >= 4 is 11.9 Å². The molecular weight excluding hydrogens is 321 g/mol. The highest BCUT2D eigenvalue weighted by Crippen LogP contribution is 2.22.